The lowest BCUT2D eigenvalue weighted by Crippen LogP contribution is -2.34. The minimum absolute atomic E-state index is 0.0857. The summed E-state index contributed by atoms with van der Waals surface area (Å²) in [7, 11) is -1.24. The van der Waals surface area contributed by atoms with Gasteiger partial charge in [0.1, 0.15) is 0 Å². The topological polar surface area (TPSA) is 35.5 Å². The van der Waals surface area contributed by atoms with Crippen molar-refractivity contribution < 1.29 is 13.6 Å². The number of rotatable bonds is 9. The highest BCUT2D eigenvalue weighted by atomic mass is 28.3. The summed E-state index contributed by atoms with van der Waals surface area (Å²) in [6, 6.07) is 0. The molecule has 0 aromatic carbocycles. The summed E-state index contributed by atoms with van der Waals surface area (Å²) in [5.74, 6) is -0.326. The zero-order valence-corrected chi connectivity index (χ0v) is 13.1. The molecule has 0 saturated carbocycles. The molecule has 0 bridgehead atoms. The van der Waals surface area contributed by atoms with Gasteiger partial charge in [-0.2, -0.15) is 0 Å². The van der Waals surface area contributed by atoms with E-state index in [1.165, 1.54) is 0 Å². The molecule has 0 N–H and O–H groups in total. The van der Waals surface area contributed by atoms with Crippen molar-refractivity contribution in [1.29, 1.82) is 0 Å². The highest BCUT2D eigenvalue weighted by Gasteiger charge is 2.26. The van der Waals surface area contributed by atoms with Crippen LogP contribution in [0.3, 0.4) is 0 Å². The quantitative estimate of drug-likeness (QED) is 0.471. The van der Waals surface area contributed by atoms with Crippen LogP contribution in [-0.4, -0.2) is 21.6 Å². The summed E-state index contributed by atoms with van der Waals surface area (Å²) in [5, 5.41) is 0. The molecule has 0 aliphatic rings. The summed E-state index contributed by atoms with van der Waals surface area (Å²) in [4.78, 5) is 11.3. The van der Waals surface area contributed by atoms with Crippen LogP contribution in [-0.2, 0) is 13.6 Å². The molecule has 0 unspecified atom stereocenters. The zero-order chi connectivity index (χ0) is 13.3. The number of carbonyl (C=O) groups is 1. The van der Waals surface area contributed by atoms with Crippen LogP contribution in [0.2, 0.25) is 0 Å². The third-order valence-corrected chi connectivity index (χ3v) is 4.29. The second-order valence-corrected chi connectivity index (χ2v) is 5.28. The SMILES string of the molecule is C=C(C)C(=O)O[SiH2]OC(CC)(CC)CCCC. The van der Waals surface area contributed by atoms with E-state index in [1.807, 2.05) is 0 Å². The van der Waals surface area contributed by atoms with Crippen molar-refractivity contribution in [2.45, 2.75) is 65.4 Å². The van der Waals surface area contributed by atoms with Gasteiger partial charge in [0.25, 0.3) is 0 Å². The van der Waals surface area contributed by atoms with Gasteiger partial charge < -0.3 is 8.85 Å². The van der Waals surface area contributed by atoms with E-state index in [1.54, 1.807) is 6.92 Å². The average molecular weight is 258 g/mol. The van der Waals surface area contributed by atoms with Gasteiger partial charge in [0.15, 0.2) is 0 Å². The van der Waals surface area contributed by atoms with Crippen LogP contribution in [0.15, 0.2) is 12.2 Å². The Morgan fingerprint density at radius 3 is 2.29 bits per heavy atom. The standard InChI is InChI=1S/C13H26O3Si/c1-6-9-10-13(7-2,8-3)16-17-15-12(14)11(4)5/h4,6-10,17H2,1-3,5H3. The Balaban J connectivity index is 4.16. The van der Waals surface area contributed by atoms with Gasteiger partial charge in [0, 0.05) is 5.57 Å². The van der Waals surface area contributed by atoms with E-state index in [2.05, 4.69) is 27.4 Å². The van der Waals surface area contributed by atoms with Gasteiger partial charge in [-0.25, -0.2) is 4.79 Å². The van der Waals surface area contributed by atoms with Gasteiger partial charge >= 0.3 is 16.0 Å². The Labute approximate surface area is 108 Å². The second-order valence-electron chi connectivity index (χ2n) is 4.47. The maximum Gasteiger partial charge on any atom is 0.369 e. The lowest BCUT2D eigenvalue weighted by molar-refractivity contribution is -0.131. The minimum Gasteiger partial charge on any atom is -0.496 e. The lowest BCUT2D eigenvalue weighted by Gasteiger charge is -2.32. The Hall–Kier alpha value is -0.613. The van der Waals surface area contributed by atoms with Crippen LogP contribution < -0.4 is 0 Å². The minimum atomic E-state index is -1.24. The van der Waals surface area contributed by atoms with Crippen LogP contribution >= 0.6 is 0 Å². The molecule has 17 heavy (non-hydrogen) atoms. The molecule has 0 aromatic rings. The van der Waals surface area contributed by atoms with Gasteiger partial charge in [-0.3, -0.25) is 0 Å². The molecule has 0 saturated heterocycles. The fourth-order valence-electron chi connectivity index (χ4n) is 1.71. The number of hydrogen-bond donors (Lipinski definition) is 0. The van der Waals surface area contributed by atoms with Crippen molar-refractivity contribution >= 4 is 16.0 Å². The molecule has 100 valence electrons. The van der Waals surface area contributed by atoms with E-state index < -0.39 is 10.0 Å². The van der Waals surface area contributed by atoms with Gasteiger partial charge in [-0.1, -0.05) is 40.2 Å². The van der Waals surface area contributed by atoms with Gasteiger partial charge in [-0.15, -0.1) is 0 Å². The number of unbranched alkanes of at least 4 members (excludes halogenated alkanes) is 1. The highest BCUT2D eigenvalue weighted by molar-refractivity contribution is 6.23. The molecular weight excluding hydrogens is 232 g/mol. The van der Waals surface area contributed by atoms with Crippen molar-refractivity contribution in [3.05, 3.63) is 12.2 Å². The van der Waals surface area contributed by atoms with Crippen molar-refractivity contribution in [1.82, 2.24) is 0 Å². The van der Waals surface area contributed by atoms with Crippen LogP contribution in [0.4, 0.5) is 0 Å². The maximum absolute atomic E-state index is 11.3. The molecule has 0 aromatic heterocycles. The van der Waals surface area contributed by atoms with E-state index in [0.29, 0.717) is 5.57 Å². The summed E-state index contributed by atoms with van der Waals surface area (Å²) >= 11 is 0. The van der Waals surface area contributed by atoms with E-state index in [0.717, 1.165) is 32.1 Å². The fraction of sp³-hybridized carbons (Fsp3) is 0.769. The molecule has 0 rings (SSSR count). The molecule has 0 spiro atoms. The summed E-state index contributed by atoms with van der Waals surface area (Å²) in [5.41, 5.74) is 0.352. The largest absolute Gasteiger partial charge is 0.496 e. The maximum atomic E-state index is 11.3. The van der Waals surface area contributed by atoms with E-state index >= 15 is 0 Å². The molecular formula is C13H26O3Si. The molecule has 0 aliphatic carbocycles. The predicted octanol–water partition coefficient (Wildman–Crippen LogP) is 2.87. The van der Waals surface area contributed by atoms with Crippen LogP contribution in [0.5, 0.6) is 0 Å². The number of carbonyl (C=O) groups excluding carboxylic acids is 1. The normalized spacial score (nSPS) is 12.0. The van der Waals surface area contributed by atoms with Crippen LogP contribution in [0, 0.1) is 0 Å². The zero-order valence-electron chi connectivity index (χ0n) is 11.7. The first-order chi connectivity index (χ1) is 8.01. The molecule has 3 nitrogen and oxygen atoms in total. The summed E-state index contributed by atoms with van der Waals surface area (Å²) in [6.45, 7) is 11.6. The Kier molecular flexibility index (Phi) is 8.17. The molecule has 4 heteroatoms. The van der Waals surface area contributed by atoms with Gasteiger partial charge in [0.2, 0.25) is 0 Å². The molecule has 0 aliphatic heterocycles. The Bertz CT molecular complexity index is 247. The molecule has 0 atom stereocenters. The first-order valence-corrected chi connectivity index (χ1v) is 7.63. The first-order valence-electron chi connectivity index (χ1n) is 6.48. The molecule has 0 fully saturated rings. The van der Waals surface area contributed by atoms with Crippen LogP contribution in [0.1, 0.15) is 59.8 Å². The molecule has 0 heterocycles. The van der Waals surface area contributed by atoms with Crippen molar-refractivity contribution in [3.8, 4) is 0 Å². The third kappa shape index (κ3) is 6.03. The lowest BCUT2D eigenvalue weighted by atomic mass is 9.91. The van der Waals surface area contributed by atoms with Crippen molar-refractivity contribution in [2.75, 3.05) is 0 Å². The first kappa shape index (κ1) is 16.4. The van der Waals surface area contributed by atoms with Crippen molar-refractivity contribution in [3.63, 3.8) is 0 Å². The molecule has 0 radical (unpaired) electrons. The van der Waals surface area contributed by atoms with Gasteiger partial charge in [0.05, 0.1) is 5.60 Å². The highest BCUT2D eigenvalue weighted by Crippen LogP contribution is 2.26. The monoisotopic (exact) mass is 258 g/mol. The Morgan fingerprint density at radius 1 is 1.29 bits per heavy atom. The van der Waals surface area contributed by atoms with Crippen LogP contribution in [0.25, 0.3) is 0 Å². The fourth-order valence-corrected chi connectivity index (χ4v) is 2.92. The number of hydrogen-bond acceptors (Lipinski definition) is 3. The summed E-state index contributed by atoms with van der Waals surface area (Å²) < 4.78 is 11.0. The van der Waals surface area contributed by atoms with E-state index in [9.17, 15) is 4.79 Å². The third-order valence-electron chi connectivity index (χ3n) is 3.18. The van der Waals surface area contributed by atoms with E-state index in [4.69, 9.17) is 8.85 Å². The molecule has 0 amide bonds. The predicted molar refractivity (Wildman–Crippen MR) is 73.4 cm³/mol. The van der Waals surface area contributed by atoms with E-state index in [-0.39, 0.29) is 11.6 Å². The second kappa shape index (κ2) is 8.47. The van der Waals surface area contributed by atoms with Crippen molar-refractivity contribution in [2.24, 2.45) is 0 Å². The summed E-state index contributed by atoms with van der Waals surface area (Å²) in [6.07, 6.45) is 5.32. The Morgan fingerprint density at radius 2 is 1.88 bits per heavy atom. The average Bonchev–Trinajstić information content (AvgIpc) is 2.33. The smallest absolute Gasteiger partial charge is 0.369 e. The van der Waals surface area contributed by atoms with Gasteiger partial charge in [-0.05, 0) is 26.2 Å².